The lowest BCUT2D eigenvalue weighted by Gasteiger charge is -2.09. The first-order chi connectivity index (χ1) is 7.40. The maximum Gasteiger partial charge on any atom is 0.335 e. The molecule has 1 aromatic rings. The number of benzene rings is 1. The van der Waals surface area contributed by atoms with Crippen molar-refractivity contribution < 1.29 is 22.7 Å². The second-order valence-electron chi connectivity index (χ2n) is 2.52. The molecule has 0 unspecified atom stereocenters. The maximum absolute atomic E-state index is 13.4. The van der Waals surface area contributed by atoms with Gasteiger partial charge in [-0.15, -0.1) is 0 Å². The van der Waals surface area contributed by atoms with Crippen LogP contribution in [-0.2, 0) is 4.79 Å². The average Bonchev–Trinajstić information content (AvgIpc) is 2.29. The van der Waals surface area contributed by atoms with Crippen molar-refractivity contribution in [2.24, 2.45) is 0 Å². The van der Waals surface area contributed by atoms with E-state index < -0.39 is 38.1 Å². The minimum atomic E-state index is -1.41. The van der Waals surface area contributed by atoms with Crippen LogP contribution in [0.5, 0.6) is 5.75 Å². The SMILES string of the molecule is C=CC(=O)Oc1c(F)c(Br)c(F)c(F)c1Br. The van der Waals surface area contributed by atoms with Crippen LogP contribution >= 0.6 is 31.9 Å². The highest BCUT2D eigenvalue weighted by molar-refractivity contribution is 9.11. The Bertz CT molecular complexity index is 445. The number of carbonyl (C=O) groups is 1. The third kappa shape index (κ3) is 2.30. The van der Waals surface area contributed by atoms with Crippen molar-refractivity contribution in [1.29, 1.82) is 0 Å². The molecule has 1 aromatic carbocycles. The smallest absolute Gasteiger partial charge is 0.335 e. The number of carbonyl (C=O) groups excluding carboxylic acids is 1. The van der Waals surface area contributed by atoms with E-state index in [-0.39, 0.29) is 0 Å². The van der Waals surface area contributed by atoms with Gasteiger partial charge in [-0.3, -0.25) is 0 Å². The highest BCUT2D eigenvalue weighted by atomic mass is 79.9. The lowest BCUT2D eigenvalue weighted by Crippen LogP contribution is -2.07. The van der Waals surface area contributed by atoms with E-state index in [1.165, 1.54) is 0 Å². The zero-order chi connectivity index (χ0) is 12.5. The van der Waals surface area contributed by atoms with Gasteiger partial charge in [-0.25, -0.2) is 18.0 Å². The van der Waals surface area contributed by atoms with Gasteiger partial charge in [0.05, 0.1) is 4.47 Å². The molecule has 0 aliphatic heterocycles. The van der Waals surface area contributed by atoms with E-state index in [4.69, 9.17) is 0 Å². The van der Waals surface area contributed by atoms with Crippen molar-refractivity contribution in [1.82, 2.24) is 0 Å². The lowest BCUT2D eigenvalue weighted by molar-refractivity contribution is -0.129. The standard InChI is InChI=1S/C9H3Br2F3O2/c1-2-3(15)16-9-5(11)7(13)6(12)4(10)8(9)14/h2H,1H2. The van der Waals surface area contributed by atoms with Crippen molar-refractivity contribution in [3.8, 4) is 5.75 Å². The Balaban J connectivity index is 3.39. The van der Waals surface area contributed by atoms with Gasteiger partial charge in [-0.2, -0.15) is 0 Å². The summed E-state index contributed by atoms with van der Waals surface area (Å²) in [5, 5.41) is 0. The molecule has 16 heavy (non-hydrogen) atoms. The Morgan fingerprint density at radius 2 is 1.62 bits per heavy atom. The highest BCUT2D eigenvalue weighted by Crippen LogP contribution is 2.37. The van der Waals surface area contributed by atoms with Crippen LogP contribution in [0.3, 0.4) is 0 Å². The van der Waals surface area contributed by atoms with E-state index in [2.05, 4.69) is 43.2 Å². The molecule has 0 heterocycles. The predicted molar refractivity (Wildman–Crippen MR) is 57.5 cm³/mol. The van der Waals surface area contributed by atoms with Gasteiger partial charge in [-0.1, -0.05) is 6.58 Å². The van der Waals surface area contributed by atoms with Crippen LogP contribution in [0, 0.1) is 17.5 Å². The van der Waals surface area contributed by atoms with Crippen LogP contribution < -0.4 is 4.74 Å². The zero-order valence-electron chi connectivity index (χ0n) is 7.49. The van der Waals surface area contributed by atoms with E-state index in [1.54, 1.807) is 0 Å². The Hall–Kier alpha value is -0.820. The van der Waals surface area contributed by atoms with Crippen LogP contribution in [0.1, 0.15) is 0 Å². The quantitative estimate of drug-likeness (QED) is 0.264. The first kappa shape index (κ1) is 13.2. The molecule has 86 valence electrons. The van der Waals surface area contributed by atoms with Crippen molar-refractivity contribution >= 4 is 37.8 Å². The fourth-order valence-corrected chi connectivity index (χ4v) is 1.60. The molecule has 7 heteroatoms. The minimum absolute atomic E-state index is 0.610. The van der Waals surface area contributed by atoms with Gasteiger partial charge in [0.25, 0.3) is 0 Å². The van der Waals surface area contributed by atoms with Gasteiger partial charge in [0, 0.05) is 6.08 Å². The molecule has 0 atom stereocenters. The molecule has 0 spiro atoms. The number of rotatable bonds is 2. The first-order valence-corrected chi connectivity index (χ1v) is 5.34. The summed E-state index contributed by atoms with van der Waals surface area (Å²) in [7, 11) is 0. The molecule has 0 bridgehead atoms. The number of ether oxygens (including phenoxy) is 1. The summed E-state index contributed by atoms with van der Waals surface area (Å²) in [4.78, 5) is 10.8. The summed E-state index contributed by atoms with van der Waals surface area (Å²) >= 11 is 5.09. The number of hydrogen-bond acceptors (Lipinski definition) is 2. The number of esters is 1. The highest BCUT2D eigenvalue weighted by Gasteiger charge is 2.24. The largest absolute Gasteiger partial charge is 0.419 e. The van der Waals surface area contributed by atoms with Crippen molar-refractivity contribution in [3.63, 3.8) is 0 Å². The van der Waals surface area contributed by atoms with Gasteiger partial charge in [-0.05, 0) is 31.9 Å². The molecule has 0 N–H and O–H groups in total. The fraction of sp³-hybridized carbons (Fsp3) is 0. The van der Waals surface area contributed by atoms with Crippen LogP contribution in [0.4, 0.5) is 13.2 Å². The van der Waals surface area contributed by atoms with Gasteiger partial charge in [0.1, 0.15) is 4.47 Å². The molecule has 0 aliphatic carbocycles. The molecule has 0 saturated carbocycles. The van der Waals surface area contributed by atoms with E-state index in [0.717, 1.165) is 6.08 Å². The number of hydrogen-bond donors (Lipinski definition) is 0. The van der Waals surface area contributed by atoms with E-state index >= 15 is 0 Å². The Kier molecular flexibility index (Phi) is 4.15. The summed E-state index contributed by atoms with van der Waals surface area (Å²) in [6, 6.07) is 0. The van der Waals surface area contributed by atoms with Gasteiger partial charge >= 0.3 is 5.97 Å². The van der Waals surface area contributed by atoms with E-state index in [0.29, 0.717) is 0 Å². The molecule has 0 radical (unpaired) electrons. The Morgan fingerprint density at radius 3 is 2.12 bits per heavy atom. The average molecular weight is 360 g/mol. The topological polar surface area (TPSA) is 26.3 Å². The van der Waals surface area contributed by atoms with E-state index in [9.17, 15) is 18.0 Å². The predicted octanol–water partition coefficient (Wildman–Crippen LogP) is 3.72. The summed E-state index contributed by atoms with van der Waals surface area (Å²) in [6.07, 6.45) is 0.765. The lowest BCUT2D eigenvalue weighted by atomic mass is 10.3. The van der Waals surface area contributed by atoms with Crippen molar-refractivity contribution in [3.05, 3.63) is 39.1 Å². The summed E-state index contributed by atoms with van der Waals surface area (Å²) in [5.41, 5.74) is 0. The minimum Gasteiger partial charge on any atom is -0.419 e. The molecule has 0 aliphatic rings. The molecule has 2 nitrogen and oxygen atoms in total. The number of halogens is 5. The molecule has 0 fully saturated rings. The van der Waals surface area contributed by atoms with Crippen LogP contribution in [0.15, 0.2) is 21.6 Å². The molecular formula is C9H3Br2F3O2. The van der Waals surface area contributed by atoms with Gasteiger partial charge in [0.2, 0.25) is 0 Å². The normalized spacial score (nSPS) is 10.1. The molecule has 0 amide bonds. The molecule has 1 rings (SSSR count). The van der Waals surface area contributed by atoms with Crippen LogP contribution in [0.2, 0.25) is 0 Å². The van der Waals surface area contributed by atoms with Crippen LogP contribution in [-0.4, -0.2) is 5.97 Å². The Labute approximate surface area is 105 Å². The second kappa shape index (κ2) is 5.01. The van der Waals surface area contributed by atoms with E-state index in [1.807, 2.05) is 0 Å². The molecular weight excluding hydrogens is 357 g/mol. The second-order valence-corrected chi connectivity index (χ2v) is 4.11. The van der Waals surface area contributed by atoms with Gasteiger partial charge < -0.3 is 4.74 Å². The first-order valence-electron chi connectivity index (χ1n) is 3.75. The van der Waals surface area contributed by atoms with Crippen LogP contribution in [0.25, 0.3) is 0 Å². The molecule has 0 aromatic heterocycles. The molecule has 0 saturated heterocycles. The van der Waals surface area contributed by atoms with Crippen molar-refractivity contribution in [2.75, 3.05) is 0 Å². The zero-order valence-corrected chi connectivity index (χ0v) is 10.7. The monoisotopic (exact) mass is 358 g/mol. The Morgan fingerprint density at radius 1 is 1.12 bits per heavy atom. The van der Waals surface area contributed by atoms with Crippen molar-refractivity contribution in [2.45, 2.75) is 0 Å². The summed E-state index contributed by atoms with van der Waals surface area (Å²) < 4.78 is 42.6. The third-order valence-corrected chi connectivity index (χ3v) is 2.94. The van der Waals surface area contributed by atoms with Gasteiger partial charge in [0.15, 0.2) is 23.2 Å². The summed E-state index contributed by atoms with van der Waals surface area (Å²) in [5.74, 6) is -5.72. The summed E-state index contributed by atoms with van der Waals surface area (Å²) in [6.45, 7) is 3.09. The third-order valence-electron chi connectivity index (χ3n) is 1.54. The maximum atomic E-state index is 13.4. The fourth-order valence-electron chi connectivity index (χ4n) is 0.817.